The zero-order valence-corrected chi connectivity index (χ0v) is 11.0. The van der Waals surface area contributed by atoms with Crippen LogP contribution in [0.2, 0.25) is 19.6 Å². The summed E-state index contributed by atoms with van der Waals surface area (Å²) < 4.78 is 11.1. The quantitative estimate of drug-likeness (QED) is 0.584. The lowest BCUT2D eigenvalue weighted by Gasteiger charge is -2.32. The highest BCUT2D eigenvalue weighted by molar-refractivity contribution is 6.69. The molecular formula is C11H18O3Si. The van der Waals surface area contributed by atoms with Gasteiger partial charge >= 0.3 is 0 Å². The van der Waals surface area contributed by atoms with Gasteiger partial charge in [0.2, 0.25) is 0 Å². The predicted octanol–water partition coefficient (Wildman–Crippen LogP) is 3.18. The van der Waals surface area contributed by atoms with Crippen molar-refractivity contribution in [3.63, 3.8) is 0 Å². The summed E-state index contributed by atoms with van der Waals surface area (Å²) in [5, 5.41) is 0. The van der Waals surface area contributed by atoms with Crippen molar-refractivity contribution in [1.29, 1.82) is 0 Å². The first-order chi connectivity index (χ1) is 6.74. The van der Waals surface area contributed by atoms with Crippen LogP contribution in [0.4, 0.5) is 0 Å². The number of carbonyl (C=O) groups excluding carboxylic acids is 1. The van der Waals surface area contributed by atoms with Gasteiger partial charge in [-0.2, -0.15) is 0 Å². The van der Waals surface area contributed by atoms with Gasteiger partial charge in [0.05, 0.1) is 11.9 Å². The molecule has 1 rings (SSSR count). The molecule has 0 atom stereocenters. The number of hydrogen-bond donors (Lipinski definition) is 0. The smallest absolute Gasteiger partial charge is 0.185 e. The second-order valence-electron chi connectivity index (χ2n) is 5.08. The van der Waals surface area contributed by atoms with Gasteiger partial charge in [0.25, 0.3) is 0 Å². The summed E-state index contributed by atoms with van der Waals surface area (Å²) in [5.74, 6) is 0.345. The van der Waals surface area contributed by atoms with Crippen LogP contribution in [0, 0.1) is 0 Å². The molecule has 0 saturated heterocycles. The number of carbonyl (C=O) groups is 1. The molecule has 4 heteroatoms. The Kier molecular flexibility index (Phi) is 3.21. The average Bonchev–Trinajstić information content (AvgIpc) is 2.47. The van der Waals surface area contributed by atoms with Crippen LogP contribution in [0.1, 0.15) is 30.0 Å². The third kappa shape index (κ3) is 3.32. The van der Waals surface area contributed by atoms with E-state index in [0.29, 0.717) is 12.0 Å². The monoisotopic (exact) mass is 226 g/mol. The van der Waals surface area contributed by atoms with Gasteiger partial charge in [0.1, 0.15) is 0 Å². The van der Waals surface area contributed by atoms with Crippen molar-refractivity contribution < 1.29 is 13.6 Å². The van der Waals surface area contributed by atoms with Crippen molar-refractivity contribution in [2.24, 2.45) is 0 Å². The van der Waals surface area contributed by atoms with E-state index in [2.05, 4.69) is 19.6 Å². The summed E-state index contributed by atoms with van der Waals surface area (Å²) in [5.41, 5.74) is 0.516. The molecule has 0 saturated carbocycles. The normalized spacial score (nSPS) is 12.9. The lowest BCUT2D eigenvalue weighted by molar-refractivity contribution is 0.0992. The Morgan fingerprint density at radius 2 is 2.00 bits per heavy atom. The molecule has 1 heterocycles. The largest absolute Gasteiger partial charge is 0.461 e. The maximum atomic E-state index is 10.5. The average molecular weight is 226 g/mol. The highest BCUT2D eigenvalue weighted by Crippen LogP contribution is 2.29. The van der Waals surface area contributed by atoms with Gasteiger partial charge in [-0.15, -0.1) is 0 Å². The highest BCUT2D eigenvalue weighted by Gasteiger charge is 2.30. The third-order valence-electron chi connectivity index (χ3n) is 1.99. The Morgan fingerprint density at radius 3 is 2.40 bits per heavy atom. The molecular weight excluding hydrogens is 208 g/mol. The summed E-state index contributed by atoms with van der Waals surface area (Å²) in [6.45, 7) is 10.4. The van der Waals surface area contributed by atoms with Crippen LogP contribution in [0.3, 0.4) is 0 Å². The third-order valence-corrected chi connectivity index (χ3v) is 3.12. The van der Waals surface area contributed by atoms with Crippen molar-refractivity contribution in [3.05, 3.63) is 23.7 Å². The molecule has 1 aromatic heterocycles. The van der Waals surface area contributed by atoms with Crippen LogP contribution in [-0.4, -0.2) is 14.6 Å². The zero-order valence-electron chi connectivity index (χ0n) is 9.96. The fourth-order valence-electron chi connectivity index (χ4n) is 1.55. The summed E-state index contributed by atoms with van der Waals surface area (Å²) >= 11 is 0. The highest BCUT2D eigenvalue weighted by atomic mass is 28.4. The van der Waals surface area contributed by atoms with Crippen molar-refractivity contribution in [2.45, 2.75) is 39.1 Å². The van der Waals surface area contributed by atoms with Gasteiger partial charge in [-0.3, -0.25) is 4.79 Å². The minimum atomic E-state index is -1.61. The number of hydrogen-bond acceptors (Lipinski definition) is 3. The number of aldehydes is 1. The molecule has 0 aliphatic heterocycles. The molecule has 3 nitrogen and oxygen atoms in total. The van der Waals surface area contributed by atoms with E-state index in [1.165, 1.54) is 0 Å². The van der Waals surface area contributed by atoms with Gasteiger partial charge in [0.15, 0.2) is 20.4 Å². The summed E-state index contributed by atoms with van der Waals surface area (Å²) in [7, 11) is -1.61. The van der Waals surface area contributed by atoms with Gasteiger partial charge in [-0.05, 0) is 39.6 Å². The molecule has 0 aliphatic rings. The van der Waals surface area contributed by atoms with E-state index < -0.39 is 13.9 Å². The minimum absolute atomic E-state index is 0.345. The van der Waals surface area contributed by atoms with Gasteiger partial charge < -0.3 is 8.84 Å². The Labute approximate surface area is 91.6 Å². The molecule has 0 unspecified atom stereocenters. The van der Waals surface area contributed by atoms with E-state index in [9.17, 15) is 4.79 Å². The molecule has 1 aromatic rings. The fourth-order valence-corrected chi connectivity index (χ4v) is 3.20. The topological polar surface area (TPSA) is 39.4 Å². The van der Waals surface area contributed by atoms with E-state index in [-0.39, 0.29) is 0 Å². The first-order valence-corrected chi connectivity index (χ1v) is 8.40. The van der Waals surface area contributed by atoms with Crippen LogP contribution in [-0.2, 0) is 10.0 Å². The zero-order chi connectivity index (χ0) is 11.7. The van der Waals surface area contributed by atoms with E-state index in [0.717, 1.165) is 5.56 Å². The second-order valence-corrected chi connectivity index (χ2v) is 9.51. The van der Waals surface area contributed by atoms with Crippen molar-refractivity contribution in [3.8, 4) is 0 Å². The molecule has 0 fully saturated rings. The van der Waals surface area contributed by atoms with E-state index in [1.54, 1.807) is 12.3 Å². The van der Waals surface area contributed by atoms with E-state index >= 15 is 0 Å². The molecule has 84 valence electrons. The summed E-state index contributed by atoms with van der Waals surface area (Å²) in [6.07, 6.45) is 2.29. The first kappa shape index (κ1) is 12.2. The molecule has 0 bridgehead atoms. The Bertz CT molecular complexity index is 347. The standard InChI is InChI=1S/C11H18O3Si/c1-11(2,14-15(3,4)5)9-6-10(7-12)13-8-9/h6-8H,1-5H3. The molecule has 0 spiro atoms. The molecule has 0 N–H and O–H groups in total. The Morgan fingerprint density at radius 1 is 1.40 bits per heavy atom. The maximum absolute atomic E-state index is 10.5. The minimum Gasteiger partial charge on any atom is -0.461 e. The lowest BCUT2D eigenvalue weighted by Crippen LogP contribution is -2.36. The fraction of sp³-hybridized carbons (Fsp3) is 0.545. The SMILES string of the molecule is CC(C)(O[Si](C)(C)C)c1coc(C=O)c1. The maximum Gasteiger partial charge on any atom is 0.185 e. The van der Waals surface area contributed by atoms with Crippen LogP contribution in [0.25, 0.3) is 0 Å². The number of furan rings is 1. The summed E-state index contributed by atoms with van der Waals surface area (Å²) in [4.78, 5) is 10.5. The predicted molar refractivity (Wildman–Crippen MR) is 61.6 cm³/mol. The van der Waals surface area contributed by atoms with Gasteiger partial charge in [0, 0.05) is 5.56 Å². The van der Waals surface area contributed by atoms with Crippen molar-refractivity contribution in [2.75, 3.05) is 0 Å². The van der Waals surface area contributed by atoms with Crippen LogP contribution in [0.15, 0.2) is 16.7 Å². The Balaban J connectivity index is 2.90. The molecule has 0 aromatic carbocycles. The van der Waals surface area contributed by atoms with E-state index in [4.69, 9.17) is 8.84 Å². The molecule has 0 radical (unpaired) electrons. The van der Waals surface area contributed by atoms with Crippen LogP contribution in [0.5, 0.6) is 0 Å². The van der Waals surface area contributed by atoms with Crippen molar-refractivity contribution in [1.82, 2.24) is 0 Å². The molecule has 0 amide bonds. The molecule has 15 heavy (non-hydrogen) atoms. The second kappa shape index (κ2) is 3.94. The van der Waals surface area contributed by atoms with Crippen LogP contribution < -0.4 is 0 Å². The lowest BCUT2D eigenvalue weighted by atomic mass is 10.0. The first-order valence-electron chi connectivity index (χ1n) is 4.99. The summed E-state index contributed by atoms with van der Waals surface area (Å²) in [6, 6.07) is 1.73. The van der Waals surface area contributed by atoms with E-state index in [1.807, 2.05) is 13.8 Å². The van der Waals surface area contributed by atoms with Crippen LogP contribution >= 0.6 is 0 Å². The Hall–Kier alpha value is -0.873. The molecule has 0 aliphatic carbocycles. The van der Waals surface area contributed by atoms with Gasteiger partial charge in [-0.25, -0.2) is 0 Å². The van der Waals surface area contributed by atoms with Gasteiger partial charge in [-0.1, -0.05) is 0 Å². The van der Waals surface area contributed by atoms with Crippen molar-refractivity contribution >= 4 is 14.6 Å². The number of rotatable bonds is 4.